The first-order chi connectivity index (χ1) is 9.44. The Labute approximate surface area is 123 Å². The van der Waals surface area contributed by atoms with Gasteiger partial charge in [0.2, 0.25) is 0 Å². The van der Waals surface area contributed by atoms with Gasteiger partial charge in [0.05, 0.1) is 6.10 Å². The maximum absolute atomic E-state index is 10.1. The maximum Gasteiger partial charge on any atom is 0.120 e. The molecule has 112 valence electrons. The van der Waals surface area contributed by atoms with E-state index in [0.29, 0.717) is 5.92 Å². The highest BCUT2D eigenvalue weighted by atomic mass is 16.5. The summed E-state index contributed by atoms with van der Waals surface area (Å²) < 4.78 is 6.17. The zero-order valence-electron chi connectivity index (χ0n) is 13.4. The maximum atomic E-state index is 10.1. The normalized spacial score (nSPS) is 24.6. The van der Waals surface area contributed by atoms with Gasteiger partial charge < -0.3 is 9.84 Å². The van der Waals surface area contributed by atoms with Gasteiger partial charge in [-0.05, 0) is 48.9 Å². The molecule has 1 saturated carbocycles. The third kappa shape index (κ3) is 2.46. The highest BCUT2D eigenvalue weighted by Crippen LogP contribution is 2.49. The molecule has 1 aromatic carbocycles. The van der Waals surface area contributed by atoms with Gasteiger partial charge in [-0.3, -0.25) is 0 Å². The lowest BCUT2D eigenvalue weighted by molar-refractivity contribution is -0.159. The molecule has 2 unspecified atom stereocenters. The molecule has 0 saturated heterocycles. The highest BCUT2D eigenvalue weighted by Gasteiger charge is 2.53. The van der Waals surface area contributed by atoms with Crippen LogP contribution in [0.3, 0.4) is 0 Å². The summed E-state index contributed by atoms with van der Waals surface area (Å²) in [6, 6.07) is 6.38. The summed E-state index contributed by atoms with van der Waals surface area (Å²) in [5, 5.41) is 10.1. The number of ether oxygens (including phenoxy) is 1. The molecule has 0 aliphatic heterocycles. The zero-order valence-corrected chi connectivity index (χ0v) is 13.4. The van der Waals surface area contributed by atoms with Crippen molar-refractivity contribution in [1.29, 1.82) is 0 Å². The number of aliphatic hydroxyl groups is 1. The monoisotopic (exact) mass is 276 g/mol. The third-order valence-corrected chi connectivity index (χ3v) is 5.20. The summed E-state index contributed by atoms with van der Waals surface area (Å²) in [4.78, 5) is 0. The van der Waals surface area contributed by atoms with Gasteiger partial charge in [0.25, 0.3) is 0 Å². The average Bonchev–Trinajstić information content (AvgIpc) is 2.39. The van der Waals surface area contributed by atoms with Crippen molar-refractivity contribution in [2.45, 2.75) is 72.0 Å². The van der Waals surface area contributed by atoms with E-state index < -0.39 is 0 Å². The molecular weight excluding hydrogens is 248 g/mol. The first-order valence-electron chi connectivity index (χ1n) is 7.89. The average molecular weight is 276 g/mol. The van der Waals surface area contributed by atoms with E-state index in [2.05, 4.69) is 52.8 Å². The highest BCUT2D eigenvalue weighted by molar-refractivity contribution is 5.36. The van der Waals surface area contributed by atoms with Crippen LogP contribution in [-0.4, -0.2) is 17.3 Å². The van der Waals surface area contributed by atoms with Crippen LogP contribution in [0.4, 0.5) is 0 Å². The fourth-order valence-corrected chi connectivity index (χ4v) is 3.60. The quantitative estimate of drug-likeness (QED) is 0.861. The van der Waals surface area contributed by atoms with Gasteiger partial charge in [0, 0.05) is 11.8 Å². The molecule has 0 heterocycles. The summed E-state index contributed by atoms with van der Waals surface area (Å²) >= 11 is 0. The minimum absolute atomic E-state index is 0.0510. The van der Waals surface area contributed by atoms with E-state index in [1.807, 2.05) is 0 Å². The second-order valence-corrected chi connectivity index (χ2v) is 6.47. The minimum atomic E-state index is -0.210. The van der Waals surface area contributed by atoms with Crippen LogP contribution in [0.15, 0.2) is 18.2 Å². The second-order valence-electron chi connectivity index (χ2n) is 6.47. The molecule has 2 heteroatoms. The molecule has 0 bridgehead atoms. The van der Waals surface area contributed by atoms with Crippen molar-refractivity contribution in [3.8, 4) is 5.75 Å². The molecule has 1 aromatic rings. The molecule has 2 atom stereocenters. The molecule has 2 nitrogen and oxygen atoms in total. The Balaban J connectivity index is 2.13. The zero-order chi connectivity index (χ0) is 14.9. The van der Waals surface area contributed by atoms with E-state index in [4.69, 9.17) is 4.74 Å². The largest absolute Gasteiger partial charge is 0.490 e. The van der Waals surface area contributed by atoms with Crippen molar-refractivity contribution in [2.24, 2.45) is 5.41 Å². The SMILES string of the molecule is CCC1(CC)C(O)CC1Oc1ccc(C(C)C)c(C)c1. The Kier molecular flexibility index (Phi) is 4.43. The van der Waals surface area contributed by atoms with Crippen LogP contribution in [0.5, 0.6) is 5.75 Å². The summed E-state index contributed by atoms with van der Waals surface area (Å²) in [6.45, 7) is 10.9. The topological polar surface area (TPSA) is 29.5 Å². The van der Waals surface area contributed by atoms with Crippen LogP contribution in [0, 0.1) is 12.3 Å². The Hall–Kier alpha value is -1.02. The molecule has 1 aliphatic rings. The summed E-state index contributed by atoms with van der Waals surface area (Å²) in [7, 11) is 0. The van der Waals surface area contributed by atoms with Crippen molar-refractivity contribution in [2.75, 3.05) is 0 Å². The van der Waals surface area contributed by atoms with Crippen LogP contribution >= 0.6 is 0 Å². The Morgan fingerprint density at radius 1 is 1.30 bits per heavy atom. The smallest absolute Gasteiger partial charge is 0.120 e. The predicted octanol–water partition coefficient (Wildman–Crippen LogP) is 4.44. The van der Waals surface area contributed by atoms with Crippen LogP contribution < -0.4 is 4.74 Å². The van der Waals surface area contributed by atoms with Gasteiger partial charge in [0.1, 0.15) is 11.9 Å². The molecule has 0 radical (unpaired) electrons. The first kappa shape index (κ1) is 15.4. The number of rotatable bonds is 5. The van der Waals surface area contributed by atoms with E-state index in [1.165, 1.54) is 11.1 Å². The Morgan fingerprint density at radius 3 is 2.40 bits per heavy atom. The van der Waals surface area contributed by atoms with Gasteiger partial charge in [-0.25, -0.2) is 0 Å². The van der Waals surface area contributed by atoms with Gasteiger partial charge in [0.15, 0.2) is 0 Å². The molecular formula is C18H28O2. The molecule has 1 N–H and O–H groups in total. The van der Waals surface area contributed by atoms with Gasteiger partial charge in [-0.2, -0.15) is 0 Å². The molecule has 1 aliphatic carbocycles. The predicted molar refractivity (Wildman–Crippen MR) is 83.3 cm³/mol. The van der Waals surface area contributed by atoms with E-state index in [0.717, 1.165) is 25.0 Å². The van der Waals surface area contributed by atoms with E-state index in [9.17, 15) is 5.11 Å². The van der Waals surface area contributed by atoms with E-state index in [-0.39, 0.29) is 17.6 Å². The lowest BCUT2D eigenvalue weighted by atomic mass is 9.60. The van der Waals surface area contributed by atoms with Crippen LogP contribution in [0.1, 0.15) is 64.0 Å². The van der Waals surface area contributed by atoms with Crippen LogP contribution in [0.25, 0.3) is 0 Å². The van der Waals surface area contributed by atoms with Gasteiger partial charge >= 0.3 is 0 Å². The molecule has 0 aromatic heterocycles. The molecule has 0 spiro atoms. The van der Waals surface area contributed by atoms with Crippen molar-refractivity contribution < 1.29 is 9.84 Å². The van der Waals surface area contributed by atoms with Crippen molar-refractivity contribution in [1.82, 2.24) is 0 Å². The molecule has 1 fully saturated rings. The summed E-state index contributed by atoms with van der Waals surface area (Å²) in [5.74, 6) is 1.48. The van der Waals surface area contributed by atoms with Gasteiger partial charge in [-0.1, -0.05) is 33.8 Å². The van der Waals surface area contributed by atoms with Crippen molar-refractivity contribution >= 4 is 0 Å². The molecule has 20 heavy (non-hydrogen) atoms. The Bertz CT molecular complexity index is 460. The second kappa shape index (κ2) is 5.77. The lowest BCUT2D eigenvalue weighted by Gasteiger charge is -2.52. The van der Waals surface area contributed by atoms with E-state index >= 15 is 0 Å². The number of benzene rings is 1. The number of aliphatic hydroxyl groups excluding tert-OH is 1. The van der Waals surface area contributed by atoms with E-state index in [1.54, 1.807) is 0 Å². The Morgan fingerprint density at radius 2 is 1.95 bits per heavy atom. The lowest BCUT2D eigenvalue weighted by Crippen LogP contribution is -2.59. The molecule has 2 rings (SSSR count). The van der Waals surface area contributed by atoms with Crippen molar-refractivity contribution in [3.63, 3.8) is 0 Å². The number of aryl methyl sites for hydroxylation is 1. The minimum Gasteiger partial charge on any atom is -0.490 e. The molecule has 0 amide bonds. The van der Waals surface area contributed by atoms with Crippen LogP contribution in [0.2, 0.25) is 0 Å². The van der Waals surface area contributed by atoms with Crippen LogP contribution in [-0.2, 0) is 0 Å². The fraction of sp³-hybridized carbons (Fsp3) is 0.667. The fourth-order valence-electron chi connectivity index (χ4n) is 3.60. The first-order valence-corrected chi connectivity index (χ1v) is 7.89. The summed E-state index contributed by atoms with van der Waals surface area (Å²) in [5.41, 5.74) is 2.61. The van der Waals surface area contributed by atoms with Gasteiger partial charge in [-0.15, -0.1) is 0 Å². The standard InChI is InChI=1S/C18H28O2/c1-6-18(7-2)16(19)11-17(18)20-14-8-9-15(12(3)4)13(5)10-14/h8-10,12,16-17,19H,6-7,11H2,1-5H3. The number of hydrogen-bond acceptors (Lipinski definition) is 2. The third-order valence-electron chi connectivity index (χ3n) is 5.20. The summed E-state index contributed by atoms with van der Waals surface area (Å²) in [6.07, 6.45) is 2.64. The number of hydrogen-bond donors (Lipinski definition) is 1. The van der Waals surface area contributed by atoms with Crippen molar-refractivity contribution in [3.05, 3.63) is 29.3 Å².